The molecule has 0 saturated heterocycles. The van der Waals surface area contributed by atoms with Crippen LogP contribution < -0.4 is 5.32 Å². The summed E-state index contributed by atoms with van der Waals surface area (Å²) in [6, 6.07) is 7.53. The van der Waals surface area contributed by atoms with Crippen LogP contribution in [-0.4, -0.2) is 5.16 Å². The number of rotatable bonds is 4. The van der Waals surface area contributed by atoms with Gasteiger partial charge in [-0.1, -0.05) is 34.4 Å². The van der Waals surface area contributed by atoms with Gasteiger partial charge in [-0.25, -0.2) is 0 Å². The SMILES string of the molecule is Cc1cc(CN[C@H](C)c2ccc(Cl)cc2Cl)no1. The Morgan fingerprint density at radius 1 is 1.33 bits per heavy atom. The molecule has 3 nitrogen and oxygen atoms in total. The van der Waals surface area contributed by atoms with E-state index in [9.17, 15) is 0 Å². The summed E-state index contributed by atoms with van der Waals surface area (Å²) < 4.78 is 5.01. The Morgan fingerprint density at radius 2 is 2.11 bits per heavy atom. The minimum atomic E-state index is 0.117. The van der Waals surface area contributed by atoms with Crippen molar-refractivity contribution in [2.24, 2.45) is 0 Å². The van der Waals surface area contributed by atoms with Crippen molar-refractivity contribution < 1.29 is 4.52 Å². The van der Waals surface area contributed by atoms with E-state index in [1.165, 1.54) is 0 Å². The lowest BCUT2D eigenvalue weighted by molar-refractivity contribution is 0.386. The molecule has 1 atom stereocenters. The Kier molecular flexibility index (Phi) is 4.27. The fourth-order valence-corrected chi connectivity index (χ4v) is 2.29. The molecular formula is C13H14Cl2N2O. The first kappa shape index (κ1) is 13.4. The molecule has 0 aliphatic heterocycles. The van der Waals surface area contributed by atoms with Crippen molar-refractivity contribution in [3.63, 3.8) is 0 Å². The van der Waals surface area contributed by atoms with Crippen LogP contribution in [0.1, 0.15) is 30.0 Å². The predicted molar refractivity (Wildman–Crippen MR) is 73.0 cm³/mol. The van der Waals surface area contributed by atoms with Crippen LogP contribution in [-0.2, 0) is 6.54 Å². The van der Waals surface area contributed by atoms with Crippen LogP contribution in [0.2, 0.25) is 10.0 Å². The van der Waals surface area contributed by atoms with Gasteiger partial charge in [-0.15, -0.1) is 0 Å². The molecule has 0 unspecified atom stereocenters. The number of aromatic nitrogens is 1. The molecule has 2 rings (SSSR count). The number of hydrogen-bond acceptors (Lipinski definition) is 3. The zero-order valence-electron chi connectivity index (χ0n) is 10.2. The molecule has 0 amide bonds. The molecule has 1 aromatic heterocycles. The van der Waals surface area contributed by atoms with Gasteiger partial charge >= 0.3 is 0 Å². The van der Waals surface area contributed by atoms with Crippen LogP contribution in [0.4, 0.5) is 0 Å². The van der Waals surface area contributed by atoms with Crippen molar-refractivity contribution in [2.45, 2.75) is 26.4 Å². The maximum Gasteiger partial charge on any atom is 0.133 e. The maximum atomic E-state index is 6.15. The van der Waals surface area contributed by atoms with Crippen molar-refractivity contribution in [3.8, 4) is 0 Å². The summed E-state index contributed by atoms with van der Waals surface area (Å²) >= 11 is 12.0. The lowest BCUT2D eigenvalue weighted by Gasteiger charge is -2.14. The van der Waals surface area contributed by atoms with Crippen LogP contribution >= 0.6 is 23.2 Å². The van der Waals surface area contributed by atoms with Gasteiger partial charge in [0.15, 0.2) is 0 Å². The van der Waals surface area contributed by atoms with E-state index < -0.39 is 0 Å². The monoisotopic (exact) mass is 284 g/mol. The van der Waals surface area contributed by atoms with E-state index in [4.69, 9.17) is 27.7 Å². The zero-order valence-corrected chi connectivity index (χ0v) is 11.7. The van der Waals surface area contributed by atoms with E-state index in [1.54, 1.807) is 6.07 Å². The Balaban J connectivity index is 2.01. The minimum absolute atomic E-state index is 0.117. The van der Waals surface area contributed by atoms with Crippen molar-refractivity contribution in [2.75, 3.05) is 0 Å². The largest absolute Gasteiger partial charge is 0.361 e. The average Bonchev–Trinajstić information content (AvgIpc) is 2.72. The first-order valence-electron chi connectivity index (χ1n) is 5.67. The van der Waals surface area contributed by atoms with E-state index in [1.807, 2.05) is 32.0 Å². The quantitative estimate of drug-likeness (QED) is 0.917. The first-order chi connectivity index (χ1) is 8.56. The molecule has 0 saturated carbocycles. The molecule has 1 N–H and O–H groups in total. The third-order valence-electron chi connectivity index (χ3n) is 2.70. The van der Waals surface area contributed by atoms with Gasteiger partial charge < -0.3 is 9.84 Å². The number of nitrogens with one attached hydrogen (secondary N) is 1. The number of nitrogens with zero attached hydrogens (tertiary/aromatic N) is 1. The van der Waals surface area contributed by atoms with Gasteiger partial charge in [0.05, 0.1) is 5.69 Å². The van der Waals surface area contributed by atoms with Crippen LogP contribution in [0.5, 0.6) is 0 Å². The predicted octanol–water partition coefficient (Wildman–Crippen LogP) is 4.14. The molecule has 96 valence electrons. The topological polar surface area (TPSA) is 38.1 Å². The molecule has 2 aromatic rings. The summed E-state index contributed by atoms with van der Waals surface area (Å²) in [5.74, 6) is 0.809. The van der Waals surface area contributed by atoms with Crippen LogP contribution in [0, 0.1) is 6.92 Å². The third kappa shape index (κ3) is 3.25. The average molecular weight is 285 g/mol. The van der Waals surface area contributed by atoms with Crippen molar-refractivity contribution >= 4 is 23.2 Å². The second-order valence-electron chi connectivity index (χ2n) is 4.20. The smallest absolute Gasteiger partial charge is 0.133 e. The lowest BCUT2D eigenvalue weighted by atomic mass is 10.1. The highest BCUT2D eigenvalue weighted by Gasteiger charge is 2.10. The Morgan fingerprint density at radius 3 is 2.72 bits per heavy atom. The second kappa shape index (κ2) is 5.74. The van der Waals surface area contributed by atoms with Crippen molar-refractivity contribution in [3.05, 3.63) is 51.3 Å². The second-order valence-corrected chi connectivity index (χ2v) is 5.04. The summed E-state index contributed by atoms with van der Waals surface area (Å²) in [5.41, 5.74) is 1.89. The first-order valence-corrected chi connectivity index (χ1v) is 6.42. The third-order valence-corrected chi connectivity index (χ3v) is 3.26. The molecule has 1 aromatic carbocycles. The summed E-state index contributed by atoms with van der Waals surface area (Å²) in [7, 11) is 0. The highest BCUT2D eigenvalue weighted by atomic mass is 35.5. The lowest BCUT2D eigenvalue weighted by Crippen LogP contribution is -2.18. The van der Waals surface area contributed by atoms with Crippen molar-refractivity contribution in [1.82, 2.24) is 10.5 Å². The molecule has 1 heterocycles. The fourth-order valence-electron chi connectivity index (χ4n) is 1.72. The number of benzene rings is 1. The molecule has 0 fully saturated rings. The molecule has 5 heteroatoms. The molecule has 0 spiro atoms. The number of halogens is 2. The zero-order chi connectivity index (χ0) is 13.1. The fraction of sp³-hybridized carbons (Fsp3) is 0.308. The Labute approximate surface area is 116 Å². The molecule has 0 radical (unpaired) electrons. The van der Waals surface area contributed by atoms with Gasteiger partial charge in [0.2, 0.25) is 0 Å². The highest BCUT2D eigenvalue weighted by Crippen LogP contribution is 2.26. The Hall–Kier alpha value is -1.03. The van der Waals surface area contributed by atoms with Gasteiger partial charge in [0, 0.05) is 28.7 Å². The highest BCUT2D eigenvalue weighted by molar-refractivity contribution is 6.35. The van der Waals surface area contributed by atoms with Gasteiger partial charge in [-0.05, 0) is 31.5 Å². The standard InChI is InChI=1S/C13H14Cl2N2O/c1-8-5-11(17-18-8)7-16-9(2)12-4-3-10(14)6-13(12)15/h3-6,9,16H,7H2,1-2H3/t9-/m1/s1. The molecule has 0 aliphatic rings. The van der Waals surface area contributed by atoms with Crippen LogP contribution in [0.25, 0.3) is 0 Å². The van der Waals surface area contributed by atoms with Gasteiger partial charge in [-0.2, -0.15) is 0 Å². The maximum absolute atomic E-state index is 6.15. The number of hydrogen-bond donors (Lipinski definition) is 1. The van der Waals surface area contributed by atoms with Crippen molar-refractivity contribution in [1.29, 1.82) is 0 Å². The van der Waals surface area contributed by atoms with E-state index in [2.05, 4.69) is 10.5 Å². The van der Waals surface area contributed by atoms with E-state index in [0.29, 0.717) is 16.6 Å². The normalized spacial score (nSPS) is 12.7. The number of aryl methyl sites for hydroxylation is 1. The van der Waals surface area contributed by atoms with Gasteiger partial charge in [-0.3, -0.25) is 0 Å². The summed E-state index contributed by atoms with van der Waals surface area (Å²) in [4.78, 5) is 0. The van der Waals surface area contributed by atoms with Gasteiger partial charge in [0.25, 0.3) is 0 Å². The Bertz CT molecular complexity index is 540. The molecular weight excluding hydrogens is 271 g/mol. The summed E-state index contributed by atoms with van der Waals surface area (Å²) in [5, 5.41) is 8.57. The molecule has 0 aliphatic carbocycles. The van der Waals surface area contributed by atoms with E-state index >= 15 is 0 Å². The summed E-state index contributed by atoms with van der Waals surface area (Å²) in [6.07, 6.45) is 0. The van der Waals surface area contributed by atoms with Crippen LogP contribution in [0.3, 0.4) is 0 Å². The summed E-state index contributed by atoms with van der Waals surface area (Å²) in [6.45, 7) is 4.55. The molecule has 0 bridgehead atoms. The van der Waals surface area contributed by atoms with Gasteiger partial charge in [0.1, 0.15) is 5.76 Å². The van der Waals surface area contributed by atoms with Crippen LogP contribution in [0.15, 0.2) is 28.8 Å². The van der Waals surface area contributed by atoms with E-state index in [0.717, 1.165) is 17.0 Å². The van der Waals surface area contributed by atoms with E-state index in [-0.39, 0.29) is 6.04 Å². The minimum Gasteiger partial charge on any atom is -0.361 e. The molecule has 18 heavy (non-hydrogen) atoms.